The number of halogens is 1. The Morgan fingerprint density at radius 3 is 3.00 bits per heavy atom. The van der Waals surface area contributed by atoms with Gasteiger partial charge in [0.2, 0.25) is 0 Å². The lowest BCUT2D eigenvalue weighted by molar-refractivity contribution is 0.545. The second kappa shape index (κ2) is 5.62. The van der Waals surface area contributed by atoms with Crippen LogP contribution in [0.25, 0.3) is 0 Å². The molecule has 0 fully saturated rings. The molecule has 0 bridgehead atoms. The number of hydrogen-bond donors (Lipinski definition) is 1. The van der Waals surface area contributed by atoms with Crippen LogP contribution in [0.1, 0.15) is 30.6 Å². The molecule has 0 aliphatic heterocycles. The molecule has 2 aromatic heterocycles. The summed E-state index contributed by atoms with van der Waals surface area (Å²) >= 11 is 7.52. The molecule has 4 nitrogen and oxygen atoms in total. The molecule has 6 heteroatoms. The third-order valence-corrected chi connectivity index (χ3v) is 4.04. The van der Waals surface area contributed by atoms with Gasteiger partial charge in [-0.25, -0.2) is 0 Å². The van der Waals surface area contributed by atoms with E-state index in [-0.39, 0.29) is 6.04 Å². The predicted octanol–water partition coefficient (Wildman–Crippen LogP) is 2.86. The summed E-state index contributed by atoms with van der Waals surface area (Å²) in [6, 6.07) is 4.25. The van der Waals surface area contributed by atoms with Crippen molar-refractivity contribution in [1.29, 1.82) is 0 Å². The summed E-state index contributed by atoms with van der Waals surface area (Å²) < 4.78 is 2.85. The third-order valence-electron chi connectivity index (χ3n) is 2.62. The van der Waals surface area contributed by atoms with Gasteiger partial charge in [0.25, 0.3) is 0 Å². The van der Waals surface area contributed by atoms with Gasteiger partial charge in [0.1, 0.15) is 12.2 Å². The van der Waals surface area contributed by atoms with E-state index < -0.39 is 0 Å². The molecular weight excluding hydrogens is 256 g/mol. The van der Waals surface area contributed by atoms with Crippen LogP contribution in [0.5, 0.6) is 0 Å². The zero-order valence-electron chi connectivity index (χ0n) is 9.85. The van der Waals surface area contributed by atoms with Crippen molar-refractivity contribution in [3.8, 4) is 0 Å². The fraction of sp³-hybridized carbons (Fsp3) is 0.455. The van der Waals surface area contributed by atoms with E-state index in [1.165, 1.54) is 4.88 Å². The minimum Gasteiger partial charge on any atom is -0.317 e. The van der Waals surface area contributed by atoms with Crippen molar-refractivity contribution < 1.29 is 0 Å². The molecule has 0 aromatic carbocycles. The highest BCUT2D eigenvalue weighted by molar-refractivity contribution is 7.16. The number of rotatable bonds is 5. The molecular formula is C11H15ClN4S. The molecule has 17 heavy (non-hydrogen) atoms. The van der Waals surface area contributed by atoms with Crippen LogP contribution in [0.15, 0.2) is 18.5 Å². The Morgan fingerprint density at radius 2 is 2.35 bits per heavy atom. The first-order chi connectivity index (χ1) is 8.20. The van der Waals surface area contributed by atoms with Crippen LogP contribution < -0.4 is 5.32 Å². The quantitative estimate of drug-likeness (QED) is 0.909. The molecule has 2 rings (SSSR count). The van der Waals surface area contributed by atoms with E-state index in [1.54, 1.807) is 17.7 Å². The van der Waals surface area contributed by atoms with Crippen molar-refractivity contribution in [2.24, 2.45) is 0 Å². The highest BCUT2D eigenvalue weighted by Gasteiger charge is 2.09. The molecule has 0 spiro atoms. The molecule has 0 saturated heterocycles. The molecule has 1 unspecified atom stereocenters. The molecule has 0 amide bonds. The maximum atomic E-state index is 5.92. The molecule has 2 aromatic rings. The first kappa shape index (κ1) is 12.5. The average Bonchev–Trinajstić information content (AvgIpc) is 2.94. The van der Waals surface area contributed by atoms with E-state index >= 15 is 0 Å². The van der Waals surface area contributed by atoms with E-state index in [2.05, 4.69) is 35.4 Å². The summed E-state index contributed by atoms with van der Waals surface area (Å²) in [4.78, 5) is 1.23. The lowest BCUT2D eigenvalue weighted by atomic mass is 10.3. The van der Waals surface area contributed by atoms with E-state index in [4.69, 9.17) is 11.6 Å². The van der Waals surface area contributed by atoms with Gasteiger partial charge in [0.05, 0.1) is 10.9 Å². The Bertz CT molecular complexity index is 479. The van der Waals surface area contributed by atoms with Crippen LogP contribution in [0.3, 0.4) is 0 Å². The van der Waals surface area contributed by atoms with E-state index in [0.717, 1.165) is 16.7 Å². The second-order valence-corrected chi connectivity index (χ2v) is 5.52. The first-order valence-electron chi connectivity index (χ1n) is 5.56. The zero-order valence-corrected chi connectivity index (χ0v) is 11.4. The van der Waals surface area contributed by atoms with Gasteiger partial charge < -0.3 is 9.88 Å². The summed E-state index contributed by atoms with van der Waals surface area (Å²) in [7, 11) is 0. The molecule has 92 valence electrons. The maximum absolute atomic E-state index is 5.92. The Kier molecular flexibility index (Phi) is 4.15. The summed E-state index contributed by atoms with van der Waals surface area (Å²) in [5.74, 6) is 0.960. The summed E-state index contributed by atoms with van der Waals surface area (Å²) in [5, 5.41) is 11.4. The normalized spacial score (nSPS) is 12.9. The van der Waals surface area contributed by atoms with Crippen LogP contribution in [0, 0.1) is 0 Å². The van der Waals surface area contributed by atoms with Crippen molar-refractivity contribution in [1.82, 2.24) is 20.1 Å². The van der Waals surface area contributed by atoms with Crippen LogP contribution in [-0.4, -0.2) is 14.8 Å². The fourth-order valence-corrected chi connectivity index (χ4v) is 2.67. The SMILES string of the molecule is CCn1cnnc1CNC(C)c1ccc(Cl)s1. The number of aryl methyl sites for hydroxylation is 1. The van der Waals surface area contributed by atoms with Crippen molar-refractivity contribution in [3.63, 3.8) is 0 Å². The minimum atomic E-state index is 0.273. The maximum Gasteiger partial charge on any atom is 0.146 e. The number of nitrogens with one attached hydrogen (secondary N) is 1. The van der Waals surface area contributed by atoms with Gasteiger partial charge in [-0.15, -0.1) is 21.5 Å². The van der Waals surface area contributed by atoms with Crippen molar-refractivity contribution in [2.45, 2.75) is 33.0 Å². The summed E-state index contributed by atoms with van der Waals surface area (Å²) in [6.07, 6.45) is 1.75. The van der Waals surface area contributed by atoms with Gasteiger partial charge in [-0.1, -0.05) is 11.6 Å². The molecule has 1 N–H and O–H groups in total. The first-order valence-corrected chi connectivity index (χ1v) is 6.75. The average molecular weight is 271 g/mol. The molecule has 2 heterocycles. The molecule has 1 atom stereocenters. The lowest BCUT2D eigenvalue weighted by Gasteiger charge is -2.11. The van der Waals surface area contributed by atoms with Gasteiger partial charge in [0.15, 0.2) is 0 Å². The minimum absolute atomic E-state index is 0.273. The van der Waals surface area contributed by atoms with Gasteiger partial charge in [-0.05, 0) is 26.0 Å². The summed E-state index contributed by atoms with van der Waals surface area (Å²) in [6.45, 7) is 5.80. The fourth-order valence-electron chi connectivity index (χ4n) is 1.59. The van der Waals surface area contributed by atoms with Gasteiger partial charge >= 0.3 is 0 Å². The topological polar surface area (TPSA) is 42.7 Å². The predicted molar refractivity (Wildman–Crippen MR) is 70.3 cm³/mol. The van der Waals surface area contributed by atoms with E-state index in [1.807, 2.05) is 10.6 Å². The zero-order chi connectivity index (χ0) is 12.3. The van der Waals surface area contributed by atoms with Crippen LogP contribution in [0.2, 0.25) is 4.34 Å². The molecule has 0 saturated carbocycles. The standard InChI is InChI=1S/C11H15ClN4S/c1-3-16-7-14-15-11(16)6-13-8(2)9-4-5-10(12)17-9/h4-5,7-8,13H,3,6H2,1-2H3. The van der Waals surface area contributed by atoms with E-state index in [9.17, 15) is 0 Å². The van der Waals surface area contributed by atoms with Crippen LogP contribution >= 0.6 is 22.9 Å². The van der Waals surface area contributed by atoms with Crippen LogP contribution in [0.4, 0.5) is 0 Å². The second-order valence-electron chi connectivity index (χ2n) is 3.78. The molecule has 0 aliphatic rings. The van der Waals surface area contributed by atoms with Crippen molar-refractivity contribution in [2.75, 3.05) is 0 Å². The largest absolute Gasteiger partial charge is 0.317 e. The number of hydrogen-bond acceptors (Lipinski definition) is 4. The highest BCUT2D eigenvalue weighted by Crippen LogP contribution is 2.26. The van der Waals surface area contributed by atoms with Gasteiger partial charge in [-0.2, -0.15) is 0 Å². The summed E-state index contributed by atoms with van der Waals surface area (Å²) in [5.41, 5.74) is 0. The lowest BCUT2D eigenvalue weighted by Crippen LogP contribution is -2.19. The van der Waals surface area contributed by atoms with Gasteiger partial charge in [-0.3, -0.25) is 0 Å². The van der Waals surface area contributed by atoms with Crippen molar-refractivity contribution in [3.05, 3.63) is 33.5 Å². The highest BCUT2D eigenvalue weighted by atomic mass is 35.5. The smallest absolute Gasteiger partial charge is 0.146 e. The number of aromatic nitrogens is 3. The number of nitrogens with zero attached hydrogens (tertiary/aromatic N) is 3. The number of thiophene rings is 1. The van der Waals surface area contributed by atoms with Gasteiger partial charge in [0, 0.05) is 17.5 Å². The Morgan fingerprint density at radius 1 is 1.53 bits per heavy atom. The monoisotopic (exact) mass is 270 g/mol. The van der Waals surface area contributed by atoms with Crippen LogP contribution in [-0.2, 0) is 13.1 Å². The molecule has 0 radical (unpaired) electrons. The van der Waals surface area contributed by atoms with Crippen molar-refractivity contribution >= 4 is 22.9 Å². The van der Waals surface area contributed by atoms with E-state index in [0.29, 0.717) is 6.54 Å². The third kappa shape index (κ3) is 3.06. The Hall–Kier alpha value is -0.910. The molecule has 0 aliphatic carbocycles. The Balaban J connectivity index is 1.94. The Labute approximate surface area is 110 Å².